The molecular weight excluding hydrogens is 246 g/mol. The SMILES string of the molecule is COCc1nsc(N(C)[C@H](C)C[S@@](C)=O)n1. The van der Waals surface area contributed by atoms with Gasteiger partial charge in [-0.05, 0) is 6.92 Å². The largest absolute Gasteiger partial charge is 0.377 e. The van der Waals surface area contributed by atoms with Gasteiger partial charge in [-0.15, -0.1) is 0 Å². The molecule has 0 saturated heterocycles. The fourth-order valence-electron chi connectivity index (χ4n) is 1.22. The van der Waals surface area contributed by atoms with Crippen molar-refractivity contribution < 1.29 is 8.95 Å². The normalized spacial score (nSPS) is 14.8. The van der Waals surface area contributed by atoms with Crippen LogP contribution in [-0.2, 0) is 22.1 Å². The Morgan fingerprint density at radius 1 is 1.62 bits per heavy atom. The summed E-state index contributed by atoms with van der Waals surface area (Å²) in [5.41, 5.74) is 0. The summed E-state index contributed by atoms with van der Waals surface area (Å²) in [4.78, 5) is 6.34. The molecule has 0 aliphatic carbocycles. The maximum Gasteiger partial charge on any atom is 0.205 e. The van der Waals surface area contributed by atoms with Crippen molar-refractivity contribution in [2.75, 3.05) is 31.1 Å². The Kier molecular flexibility index (Phi) is 5.30. The van der Waals surface area contributed by atoms with Gasteiger partial charge in [0.25, 0.3) is 0 Å². The van der Waals surface area contributed by atoms with E-state index in [2.05, 4.69) is 9.36 Å². The summed E-state index contributed by atoms with van der Waals surface area (Å²) in [6.07, 6.45) is 1.71. The Balaban J connectivity index is 2.64. The first-order valence-corrected chi connectivity index (χ1v) is 7.39. The zero-order chi connectivity index (χ0) is 12.1. The zero-order valence-corrected chi connectivity index (χ0v) is 11.6. The van der Waals surface area contributed by atoms with Crippen molar-refractivity contribution >= 4 is 27.5 Å². The van der Waals surface area contributed by atoms with Crippen molar-refractivity contribution in [2.24, 2.45) is 0 Å². The average molecular weight is 263 g/mol. The number of aromatic nitrogens is 2. The zero-order valence-electron chi connectivity index (χ0n) is 9.97. The quantitative estimate of drug-likeness (QED) is 0.763. The fourth-order valence-corrected chi connectivity index (χ4v) is 2.85. The summed E-state index contributed by atoms with van der Waals surface area (Å²) < 4.78 is 20.3. The molecule has 0 saturated carbocycles. The van der Waals surface area contributed by atoms with Gasteiger partial charge in [0.2, 0.25) is 5.13 Å². The molecule has 0 radical (unpaired) electrons. The second-order valence-corrected chi connectivity index (χ2v) is 5.84. The molecule has 0 fully saturated rings. The maximum absolute atomic E-state index is 11.1. The van der Waals surface area contributed by atoms with Crippen LogP contribution in [0.15, 0.2) is 0 Å². The molecule has 0 aliphatic heterocycles. The summed E-state index contributed by atoms with van der Waals surface area (Å²) in [5, 5.41) is 0.838. The molecule has 16 heavy (non-hydrogen) atoms. The van der Waals surface area contributed by atoms with Crippen LogP contribution in [0.4, 0.5) is 5.13 Å². The lowest BCUT2D eigenvalue weighted by Gasteiger charge is -2.22. The minimum absolute atomic E-state index is 0.189. The number of anilines is 1. The van der Waals surface area contributed by atoms with Crippen LogP contribution in [0.25, 0.3) is 0 Å². The molecule has 0 N–H and O–H groups in total. The highest BCUT2D eigenvalue weighted by atomic mass is 32.2. The number of methoxy groups -OCH3 is 1. The van der Waals surface area contributed by atoms with Crippen LogP contribution in [0.2, 0.25) is 0 Å². The first kappa shape index (κ1) is 13.5. The molecule has 1 aromatic heterocycles. The summed E-state index contributed by atoms with van der Waals surface area (Å²) in [6, 6.07) is 0.189. The van der Waals surface area contributed by atoms with Crippen LogP contribution in [0.5, 0.6) is 0 Å². The molecular formula is C9H17N3O2S2. The van der Waals surface area contributed by atoms with E-state index in [0.29, 0.717) is 18.2 Å². The smallest absolute Gasteiger partial charge is 0.205 e. The van der Waals surface area contributed by atoms with Gasteiger partial charge in [0, 0.05) is 54.5 Å². The Hall–Kier alpha value is -0.530. The number of hydrogen-bond donors (Lipinski definition) is 0. The first-order valence-electron chi connectivity index (χ1n) is 4.89. The minimum Gasteiger partial charge on any atom is -0.377 e. The maximum atomic E-state index is 11.1. The van der Waals surface area contributed by atoms with Gasteiger partial charge in [-0.25, -0.2) is 4.98 Å². The third-order valence-electron chi connectivity index (χ3n) is 2.17. The van der Waals surface area contributed by atoms with Crippen LogP contribution < -0.4 is 4.90 Å². The van der Waals surface area contributed by atoms with E-state index in [9.17, 15) is 4.21 Å². The number of nitrogens with zero attached hydrogens (tertiary/aromatic N) is 3. The van der Waals surface area contributed by atoms with Crippen molar-refractivity contribution in [1.29, 1.82) is 0 Å². The molecule has 0 unspecified atom stereocenters. The fraction of sp³-hybridized carbons (Fsp3) is 0.778. The van der Waals surface area contributed by atoms with Crippen molar-refractivity contribution in [1.82, 2.24) is 9.36 Å². The van der Waals surface area contributed by atoms with Crippen molar-refractivity contribution in [3.63, 3.8) is 0 Å². The molecule has 5 nitrogen and oxygen atoms in total. The molecule has 2 atom stereocenters. The van der Waals surface area contributed by atoms with Crippen LogP contribution in [-0.4, -0.2) is 45.8 Å². The average Bonchev–Trinajstić information content (AvgIpc) is 2.64. The van der Waals surface area contributed by atoms with Gasteiger partial charge in [-0.1, -0.05) is 0 Å². The van der Waals surface area contributed by atoms with Gasteiger partial charge < -0.3 is 9.64 Å². The number of rotatable bonds is 6. The lowest BCUT2D eigenvalue weighted by Crippen LogP contribution is -2.33. The van der Waals surface area contributed by atoms with E-state index in [1.165, 1.54) is 11.5 Å². The predicted octanol–water partition coefficient (Wildman–Crippen LogP) is 0.888. The van der Waals surface area contributed by atoms with E-state index in [0.717, 1.165) is 5.13 Å². The highest BCUT2D eigenvalue weighted by Gasteiger charge is 2.15. The Labute approximate surface area is 102 Å². The number of ether oxygens (including phenoxy) is 1. The molecule has 0 amide bonds. The van der Waals surface area contributed by atoms with E-state index in [1.54, 1.807) is 13.4 Å². The van der Waals surface area contributed by atoms with E-state index in [1.807, 2.05) is 18.9 Å². The van der Waals surface area contributed by atoms with E-state index in [-0.39, 0.29) is 6.04 Å². The van der Waals surface area contributed by atoms with Crippen LogP contribution in [0, 0.1) is 0 Å². The number of hydrogen-bond acceptors (Lipinski definition) is 6. The molecule has 0 bridgehead atoms. The van der Waals surface area contributed by atoms with Gasteiger partial charge in [0.05, 0.1) is 0 Å². The van der Waals surface area contributed by atoms with Gasteiger partial charge in [0.1, 0.15) is 6.61 Å². The van der Waals surface area contributed by atoms with Gasteiger partial charge in [0.15, 0.2) is 5.82 Å². The molecule has 1 heterocycles. The first-order chi connectivity index (χ1) is 7.54. The van der Waals surface area contributed by atoms with E-state index in [4.69, 9.17) is 4.74 Å². The van der Waals surface area contributed by atoms with Crippen molar-refractivity contribution in [2.45, 2.75) is 19.6 Å². The molecule has 0 aliphatic rings. The Morgan fingerprint density at radius 2 is 2.31 bits per heavy atom. The van der Waals surface area contributed by atoms with Crippen LogP contribution in [0.3, 0.4) is 0 Å². The highest BCUT2D eigenvalue weighted by molar-refractivity contribution is 7.84. The second kappa shape index (κ2) is 6.27. The van der Waals surface area contributed by atoms with Crippen LogP contribution in [0.1, 0.15) is 12.7 Å². The Morgan fingerprint density at radius 3 is 2.88 bits per heavy atom. The third-order valence-corrected chi connectivity index (χ3v) is 3.97. The summed E-state index contributed by atoms with van der Waals surface area (Å²) >= 11 is 1.34. The van der Waals surface area contributed by atoms with Crippen LogP contribution >= 0.6 is 11.5 Å². The molecule has 92 valence electrons. The van der Waals surface area contributed by atoms with Gasteiger partial charge in [-0.2, -0.15) is 4.37 Å². The highest BCUT2D eigenvalue weighted by Crippen LogP contribution is 2.18. The van der Waals surface area contributed by atoms with E-state index >= 15 is 0 Å². The summed E-state index contributed by atoms with van der Waals surface area (Å²) in [5.74, 6) is 1.33. The monoisotopic (exact) mass is 263 g/mol. The molecule has 1 aromatic rings. The molecule has 7 heteroatoms. The van der Waals surface area contributed by atoms with E-state index < -0.39 is 10.8 Å². The minimum atomic E-state index is -0.797. The Bertz CT molecular complexity index is 356. The summed E-state index contributed by atoms with van der Waals surface area (Å²) in [7, 11) is 2.76. The second-order valence-electron chi connectivity index (χ2n) is 3.63. The topological polar surface area (TPSA) is 55.3 Å². The molecule has 0 spiro atoms. The lowest BCUT2D eigenvalue weighted by molar-refractivity contribution is 0.179. The summed E-state index contributed by atoms with van der Waals surface area (Å²) in [6.45, 7) is 2.46. The molecule has 1 rings (SSSR count). The third kappa shape index (κ3) is 3.80. The van der Waals surface area contributed by atoms with Gasteiger partial charge in [-0.3, -0.25) is 4.21 Å². The predicted molar refractivity (Wildman–Crippen MR) is 67.4 cm³/mol. The standard InChI is InChI=1S/C9H17N3O2S2/c1-7(6-16(4)13)12(2)9-10-8(5-14-3)11-15-9/h7H,5-6H2,1-4H3/t7-,16-/m1/s1. The van der Waals surface area contributed by atoms with Gasteiger partial charge >= 0.3 is 0 Å². The van der Waals surface area contributed by atoms with Crippen molar-refractivity contribution in [3.8, 4) is 0 Å². The van der Waals surface area contributed by atoms with Crippen molar-refractivity contribution in [3.05, 3.63) is 5.82 Å². The lowest BCUT2D eigenvalue weighted by atomic mass is 10.4. The molecule has 0 aromatic carbocycles.